The molecule has 0 spiro atoms. The van der Waals surface area contributed by atoms with E-state index in [2.05, 4.69) is 4.98 Å². The first-order valence-corrected chi connectivity index (χ1v) is 9.44. The van der Waals surface area contributed by atoms with Crippen molar-refractivity contribution in [1.29, 1.82) is 0 Å². The summed E-state index contributed by atoms with van der Waals surface area (Å²) in [5, 5.41) is 0. The summed E-state index contributed by atoms with van der Waals surface area (Å²) in [5.74, 6) is 0.620. The first-order chi connectivity index (χ1) is 13.2. The average Bonchev–Trinajstić information content (AvgIpc) is 3.39. The maximum absolute atomic E-state index is 13.1. The molecule has 1 aromatic heterocycles. The molecule has 0 aliphatic carbocycles. The molecule has 2 atom stereocenters. The maximum atomic E-state index is 13.1. The van der Waals surface area contributed by atoms with E-state index in [1.165, 1.54) is 0 Å². The van der Waals surface area contributed by atoms with Crippen LogP contribution in [0.1, 0.15) is 29.6 Å². The lowest BCUT2D eigenvalue weighted by atomic mass is 10.1. The fraction of sp³-hybridized carbons (Fsp3) is 0.381. The van der Waals surface area contributed by atoms with Crippen molar-refractivity contribution in [2.24, 2.45) is 0 Å². The fourth-order valence-corrected chi connectivity index (χ4v) is 3.84. The van der Waals surface area contributed by atoms with Gasteiger partial charge in [0.15, 0.2) is 0 Å². The van der Waals surface area contributed by atoms with Crippen molar-refractivity contribution < 1.29 is 14.3 Å². The number of rotatable bonds is 4. The van der Waals surface area contributed by atoms with Gasteiger partial charge in [-0.15, -0.1) is 0 Å². The number of carbonyl (C=O) groups is 2. The Morgan fingerprint density at radius 1 is 1.04 bits per heavy atom. The molecule has 0 bridgehead atoms. The summed E-state index contributed by atoms with van der Waals surface area (Å²) in [7, 11) is 0. The number of carbonyl (C=O) groups excluding carboxylic acids is 2. The predicted molar refractivity (Wildman–Crippen MR) is 100 cm³/mol. The van der Waals surface area contributed by atoms with Crippen LogP contribution in [0.2, 0.25) is 0 Å². The topological polar surface area (TPSA) is 62.7 Å². The van der Waals surface area contributed by atoms with Gasteiger partial charge in [0.1, 0.15) is 17.9 Å². The molecule has 3 heterocycles. The van der Waals surface area contributed by atoms with E-state index in [0.29, 0.717) is 18.5 Å². The Morgan fingerprint density at radius 2 is 1.81 bits per heavy atom. The highest BCUT2D eigenvalue weighted by molar-refractivity contribution is 5.97. The molecule has 140 valence electrons. The lowest BCUT2D eigenvalue weighted by molar-refractivity contribution is -0.134. The van der Waals surface area contributed by atoms with E-state index in [1.54, 1.807) is 29.4 Å². The Hall–Kier alpha value is -2.89. The number of hydrogen-bond donors (Lipinski definition) is 0. The van der Waals surface area contributed by atoms with Crippen LogP contribution in [0.5, 0.6) is 5.75 Å². The van der Waals surface area contributed by atoms with E-state index in [4.69, 9.17) is 4.74 Å². The zero-order valence-electron chi connectivity index (χ0n) is 15.2. The Bertz CT molecular complexity index is 791. The summed E-state index contributed by atoms with van der Waals surface area (Å²) in [4.78, 5) is 33.7. The maximum Gasteiger partial charge on any atom is 0.256 e. The minimum atomic E-state index is -0.482. The monoisotopic (exact) mass is 365 g/mol. The lowest BCUT2D eigenvalue weighted by Gasteiger charge is -2.27. The summed E-state index contributed by atoms with van der Waals surface area (Å²) < 4.78 is 6.05. The highest BCUT2D eigenvalue weighted by atomic mass is 16.5. The molecule has 2 saturated heterocycles. The first kappa shape index (κ1) is 17.5. The molecule has 27 heavy (non-hydrogen) atoms. The van der Waals surface area contributed by atoms with Crippen molar-refractivity contribution in [3.63, 3.8) is 0 Å². The van der Waals surface area contributed by atoms with Crippen LogP contribution < -0.4 is 4.74 Å². The Balaban J connectivity index is 1.55. The Morgan fingerprint density at radius 3 is 2.52 bits per heavy atom. The van der Waals surface area contributed by atoms with E-state index < -0.39 is 6.04 Å². The molecule has 4 rings (SSSR count). The van der Waals surface area contributed by atoms with Crippen LogP contribution in [0.4, 0.5) is 0 Å². The smallest absolute Gasteiger partial charge is 0.256 e. The van der Waals surface area contributed by atoms with E-state index >= 15 is 0 Å². The normalized spacial score (nSPS) is 22.1. The zero-order valence-corrected chi connectivity index (χ0v) is 15.2. The minimum Gasteiger partial charge on any atom is -0.488 e. The van der Waals surface area contributed by atoms with Crippen molar-refractivity contribution in [2.75, 3.05) is 19.6 Å². The van der Waals surface area contributed by atoms with Gasteiger partial charge in [-0.2, -0.15) is 0 Å². The molecule has 6 heteroatoms. The second-order valence-corrected chi connectivity index (χ2v) is 7.04. The summed E-state index contributed by atoms with van der Waals surface area (Å²) in [5.41, 5.74) is 0.497. The van der Waals surface area contributed by atoms with E-state index in [-0.39, 0.29) is 17.9 Å². The van der Waals surface area contributed by atoms with Crippen LogP contribution >= 0.6 is 0 Å². The molecular formula is C21H23N3O3. The van der Waals surface area contributed by atoms with Crippen molar-refractivity contribution in [3.8, 4) is 5.75 Å². The molecule has 0 saturated carbocycles. The molecule has 2 fully saturated rings. The molecule has 2 amide bonds. The number of benzene rings is 1. The third kappa shape index (κ3) is 3.79. The molecular weight excluding hydrogens is 342 g/mol. The number of likely N-dealkylation sites (tertiary alicyclic amines) is 2. The molecule has 2 aliphatic heterocycles. The van der Waals surface area contributed by atoms with Crippen LogP contribution in [-0.4, -0.2) is 58.4 Å². The van der Waals surface area contributed by atoms with Gasteiger partial charge in [-0.1, -0.05) is 18.2 Å². The Kier molecular flexibility index (Phi) is 5.05. The third-order valence-electron chi connectivity index (χ3n) is 5.18. The van der Waals surface area contributed by atoms with Crippen LogP contribution in [-0.2, 0) is 4.79 Å². The van der Waals surface area contributed by atoms with E-state index in [1.807, 2.05) is 35.2 Å². The summed E-state index contributed by atoms with van der Waals surface area (Å²) in [6.45, 7) is 1.94. The van der Waals surface area contributed by atoms with Gasteiger partial charge < -0.3 is 14.5 Å². The van der Waals surface area contributed by atoms with Gasteiger partial charge in [0.25, 0.3) is 5.91 Å². The summed E-state index contributed by atoms with van der Waals surface area (Å²) in [6, 6.07) is 12.5. The minimum absolute atomic E-state index is 0.0314. The molecule has 0 unspecified atom stereocenters. The second kappa shape index (κ2) is 7.78. The first-order valence-electron chi connectivity index (χ1n) is 9.44. The van der Waals surface area contributed by atoms with Gasteiger partial charge in [0, 0.05) is 31.9 Å². The number of amides is 2. The van der Waals surface area contributed by atoms with Crippen LogP contribution in [0, 0.1) is 0 Å². The number of nitrogens with zero attached hydrogens (tertiary/aromatic N) is 3. The number of pyridine rings is 1. The predicted octanol–water partition coefficient (Wildman–Crippen LogP) is 2.37. The van der Waals surface area contributed by atoms with Crippen LogP contribution in [0.25, 0.3) is 0 Å². The van der Waals surface area contributed by atoms with Gasteiger partial charge >= 0.3 is 0 Å². The van der Waals surface area contributed by atoms with E-state index in [0.717, 1.165) is 31.7 Å². The molecule has 1 aromatic carbocycles. The number of ether oxygens (including phenoxy) is 1. The van der Waals surface area contributed by atoms with E-state index in [9.17, 15) is 9.59 Å². The van der Waals surface area contributed by atoms with Crippen LogP contribution in [0.3, 0.4) is 0 Å². The number of aromatic nitrogens is 1. The van der Waals surface area contributed by atoms with Crippen molar-refractivity contribution in [3.05, 3.63) is 60.4 Å². The van der Waals surface area contributed by atoms with Gasteiger partial charge in [-0.05, 0) is 37.1 Å². The molecule has 6 nitrogen and oxygen atoms in total. The third-order valence-corrected chi connectivity index (χ3v) is 5.18. The molecule has 2 aromatic rings. The van der Waals surface area contributed by atoms with Gasteiger partial charge in [0.2, 0.25) is 5.91 Å². The Labute approximate surface area is 158 Å². The highest BCUT2D eigenvalue weighted by Gasteiger charge is 2.43. The van der Waals surface area contributed by atoms with Crippen molar-refractivity contribution >= 4 is 11.8 Å². The fourth-order valence-electron chi connectivity index (χ4n) is 3.84. The quantitative estimate of drug-likeness (QED) is 0.835. The summed E-state index contributed by atoms with van der Waals surface area (Å²) >= 11 is 0. The number of para-hydroxylation sites is 1. The highest BCUT2D eigenvalue weighted by Crippen LogP contribution is 2.27. The molecule has 2 aliphatic rings. The zero-order chi connectivity index (χ0) is 18.6. The van der Waals surface area contributed by atoms with Crippen molar-refractivity contribution in [2.45, 2.75) is 31.4 Å². The average molecular weight is 365 g/mol. The van der Waals surface area contributed by atoms with Crippen molar-refractivity contribution in [1.82, 2.24) is 14.8 Å². The lowest BCUT2D eigenvalue weighted by Crippen LogP contribution is -2.47. The molecule has 0 N–H and O–H groups in total. The second-order valence-electron chi connectivity index (χ2n) is 7.04. The number of hydrogen-bond acceptors (Lipinski definition) is 4. The van der Waals surface area contributed by atoms with Gasteiger partial charge in [-0.3, -0.25) is 14.6 Å². The van der Waals surface area contributed by atoms with Crippen LogP contribution in [0.15, 0.2) is 54.9 Å². The largest absolute Gasteiger partial charge is 0.488 e. The standard InChI is InChI=1S/C21H23N3O3/c25-20(16-7-6-10-22-14-16)24-15-18(27-17-8-2-1-3-9-17)13-19(24)21(26)23-11-4-5-12-23/h1-3,6-10,14,18-19H,4-5,11-13,15H2/t18-,19-/m0/s1. The summed E-state index contributed by atoms with van der Waals surface area (Å²) in [6.07, 6.45) is 5.54. The van der Waals surface area contributed by atoms with Gasteiger partial charge in [0.05, 0.1) is 12.1 Å². The SMILES string of the molecule is O=C([C@@H]1C[C@H](Oc2ccccc2)CN1C(=O)c1cccnc1)N1CCCC1. The van der Waals surface area contributed by atoms with Gasteiger partial charge in [-0.25, -0.2) is 0 Å². The molecule has 0 radical (unpaired) electrons.